The molecule has 1 fully saturated rings. The SMILES string of the molecule is C=CCNC(=O)[C@]1(Cc2ccc(-c3ccccc3)cc2)CCCN(C(=O)CC)C1. The van der Waals surface area contributed by atoms with E-state index in [1.165, 1.54) is 5.56 Å². The lowest BCUT2D eigenvalue weighted by Crippen LogP contribution is -2.54. The van der Waals surface area contributed by atoms with Gasteiger partial charge in [0.1, 0.15) is 0 Å². The lowest BCUT2D eigenvalue weighted by atomic mass is 9.74. The van der Waals surface area contributed by atoms with Crippen LogP contribution < -0.4 is 5.32 Å². The van der Waals surface area contributed by atoms with Crippen molar-refractivity contribution in [1.29, 1.82) is 0 Å². The van der Waals surface area contributed by atoms with Crippen LogP contribution in [0.5, 0.6) is 0 Å². The standard InChI is InChI=1S/C25H30N2O2/c1-3-16-26-24(29)25(15-8-17-27(19-25)23(28)4-2)18-20-11-13-22(14-12-20)21-9-6-5-7-10-21/h3,5-7,9-14H,1,4,8,15-19H2,2H3,(H,26,29)/t25-/m0/s1. The Labute approximate surface area is 173 Å². The maximum Gasteiger partial charge on any atom is 0.228 e. The Hall–Kier alpha value is -2.88. The smallest absolute Gasteiger partial charge is 0.228 e. The van der Waals surface area contributed by atoms with Crippen LogP contribution >= 0.6 is 0 Å². The van der Waals surface area contributed by atoms with Crippen LogP contribution in [0.1, 0.15) is 31.7 Å². The average molecular weight is 391 g/mol. The van der Waals surface area contributed by atoms with Gasteiger partial charge in [-0.3, -0.25) is 9.59 Å². The summed E-state index contributed by atoms with van der Waals surface area (Å²) in [5.41, 5.74) is 2.85. The molecular formula is C25H30N2O2. The van der Waals surface area contributed by atoms with Crippen LogP contribution in [0, 0.1) is 5.41 Å². The molecule has 4 nitrogen and oxygen atoms in total. The lowest BCUT2D eigenvalue weighted by molar-refractivity contribution is -0.141. The number of likely N-dealkylation sites (tertiary alicyclic amines) is 1. The lowest BCUT2D eigenvalue weighted by Gasteiger charge is -2.42. The van der Waals surface area contributed by atoms with Gasteiger partial charge in [0, 0.05) is 26.1 Å². The van der Waals surface area contributed by atoms with E-state index >= 15 is 0 Å². The minimum absolute atomic E-state index is 0.0122. The number of benzene rings is 2. The summed E-state index contributed by atoms with van der Waals surface area (Å²) in [6.07, 6.45) is 4.41. The van der Waals surface area contributed by atoms with Gasteiger partial charge in [-0.1, -0.05) is 67.6 Å². The first-order valence-electron chi connectivity index (χ1n) is 10.4. The van der Waals surface area contributed by atoms with Gasteiger partial charge in [-0.15, -0.1) is 6.58 Å². The van der Waals surface area contributed by atoms with Gasteiger partial charge in [0.05, 0.1) is 5.41 Å². The van der Waals surface area contributed by atoms with Crippen LogP contribution in [0.3, 0.4) is 0 Å². The van der Waals surface area contributed by atoms with Gasteiger partial charge >= 0.3 is 0 Å². The second-order valence-corrected chi connectivity index (χ2v) is 7.79. The number of nitrogens with one attached hydrogen (secondary N) is 1. The van der Waals surface area contributed by atoms with E-state index in [-0.39, 0.29) is 11.8 Å². The zero-order chi connectivity index (χ0) is 20.7. The molecule has 1 atom stereocenters. The Balaban J connectivity index is 1.84. The number of hydrogen-bond acceptors (Lipinski definition) is 2. The van der Waals surface area contributed by atoms with Crippen molar-refractivity contribution in [2.75, 3.05) is 19.6 Å². The molecule has 0 bridgehead atoms. The fourth-order valence-electron chi connectivity index (χ4n) is 4.17. The maximum atomic E-state index is 13.1. The van der Waals surface area contributed by atoms with Gasteiger partial charge < -0.3 is 10.2 Å². The van der Waals surface area contributed by atoms with E-state index < -0.39 is 5.41 Å². The number of carbonyl (C=O) groups excluding carboxylic acids is 2. The van der Waals surface area contributed by atoms with Crippen LogP contribution in [-0.4, -0.2) is 36.3 Å². The van der Waals surface area contributed by atoms with Gasteiger partial charge in [0.2, 0.25) is 11.8 Å². The Morgan fingerprint density at radius 1 is 1.10 bits per heavy atom. The van der Waals surface area contributed by atoms with E-state index in [1.54, 1.807) is 6.08 Å². The summed E-state index contributed by atoms with van der Waals surface area (Å²) in [5, 5.41) is 2.98. The van der Waals surface area contributed by atoms with Crippen molar-refractivity contribution in [3.63, 3.8) is 0 Å². The molecule has 1 aliphatic heterocycles. The van der Waals surface area contributed by atoms with Gasteiger partial charge in [0.15, 0.2) is 0 Å². The number of piperidine rings is 1. The Morgan fingerprint density at radius 2 is 1.79 bits per heavy atom. The van der Waals surface area contributed by atoms with Crippen molar-refractivity contribution in [2.24, 2.45) is 5.41 Å². The molecule has 0 radical (unpaired) electrons. The van der Waals surface area contributed by atoms with Crippen molar-refractivity contribution < 1.29 is 9.59 Å². The van der Waals surface area contributed by atoms with Crippen molar-refractivity contribution in [2.45, 2.75) is 32.6 Å². The fraction of sp³-hybridized carbons (Fsp3) is 0.360. The molecule has 0 spiro atoms. The van der Waals surface area contributed by atoms with E-state index in [4.69, 9.17) is 0 Å². The minimum atomic E-state index is -0.597. The van der Waals surface area contributed by atoms with Gasteiger partial charge in [-0.05, 0) is 36.0 Å². The molecule has 1 heterocycles. The molecule has 1 N–H and O–H groups in total. The van der Waals surface area contributed by atoms with Gasteiger partial charge in [0.25, 0.3) is 0 Å². The first-order valence-corrected chi connectivity index (χ1v) is 10.4. The van der Waals surface area contributed by atoms with E-state index in [1.807, 2.05) is 30.0 Å². The summed E-state index contributed by atoms with van der Waals surface area (Å²) >= 11 is 0. The zero-order valence-corrected chi connectivity index (χ0v) is 17.2. The summed E-state index contributed by atoms with van der Waals surface area (Å²) in [6, 6.07) is 18.7. The predicted octanol–water partition coefficient (Wildman–Crippen LogP) is 4.22. The van der Waals surface area contributed by atoms with Crippen molar-refractivity contribution in [1.82, 2.24) is 10.2 Å². The van der Waals surface area contributed by atoms with Gasteiger partial charge in [-0.25, -0.2) is 0 Å². The van der Waals surface area contributed by atoms with E-state index in [0.29, 0.717) is 25.9 Å². The van der Waals surface area contributed by atoms with Crippen molar-refractivity contribution in [3.05, 3.63) is 72.8 Å². The Kier molecular flexibility index (Phi) is 6.86. The predicted molar refractivity (Wildman–Crippen MR) is 117 cm³/mol. The first kappa shape index (κ1) is 20.8. The number of carbonyl (C=O) groups is 2. The van der Waals surface area contributed by atoms with E-state index in [9.17, 15) is 9.59 Å². The maximum absolute atomic E-state index is 13.1. The highest BCUT2D eigenvalue weighted by Crippen LogP contribution is 2.35. The molecule has 152 valence electrons. The number of nitrogens with zero attached hydrogens (tertiary/aromatic N) is 1. The number of amides is 2. The highest BCUT2D eigenvalue weighted by atomic mass is 16.2. The quantitative estimate of drug-likeness (QED) is 0.720. The molecule has 0 aromatic heterocycles. The number of hydrogen-bond donors (Lipinski definition) is 1. The average Bonchev–Trinajstić information content (AvgIpc) is 2.78. The largest absolute Gasteiger partial charge is 0.352 e. The molecule has 0 saturated carbocycles. The third-order valence-corrected chi connectivity index (χ3v) is 5.72. The normalized spacial score (nSPS) is 18.9. The highest BCUT2D eigenvalue weighted by Gasteiger charge is 2.43. The van der Waals surface area contributed by atoms with Crippen LogP contribution in [0.2, 0.25) is 0 Å². The zero-order valence-electron chi connectivity index (χ0n) is 17.2. The van der Waals surface area contributed by atoms with E-state index in [2.05, 4.69) is 48.3 Å². The fourth-order valence-corrected chi connectivity index (χ4v) is 4.17. The highest BCUT2D eigenvalue weighted by molar-refractivity contribution is 5.85. The Morgan fingerprint density at radius 3 is 2.45 bits per heavy atom. The number of rotatable bonds is 7. The minimum Gasteiger partial charge on any atom is -0.352 e. The second-order valence-electron chi connectivity index (χ2n) is 7.79. The molecule has 4 heteroatoms. The van der Waals surface area contributed by atoms with Crippen LogP contribution in [0.25, 0.3) is 11.1 Å². The molecule has 0 unspecified atom stereocenters. The first-order chi connectivity index (χ1) is 14.1. The third kappa shape index (κ3) is 4.94. The molecule has 2 aromatic carbocycles. The van der Waals surface area contributed by atoms with Crippen LogP contribution in [-0.2, 0) is 16.0 Å². The second kappa shape index (κ2) is 9.55. The summed E-state index contributed by atoms with van der Waals surface area (Å²) in [5.74, 6) is 0.128. The van der Waals surface area contributed by atoms with Gasteiger partial charge in [-0.2, -0.15) is 0 Å². The van der Waals surface area contributed by atoms with E-state index in [0.717, 1.165) is 30.5 Å². The summed E-state index contributed by atoms with van der Waals surface area (Å²) in [4.78, 5) is 27.3. The summed E-state index contributed by atoms with van der Waals surface area (Å²) in [6.45, 7) is 7.22. The Bertz CT molecular complexity index is 845. The third-order valence-electron chi connectivity index (χ3n) is 5.72. The van der Waals surface area contributed by atoms with Crippen molar-refractivity contribution in [3.8, 4) is 11.1 Å². The molecular weight excluding hydrogens is 360 g/mol. The molecule has 2 amide bonds. The molecule has 29 heavy (non-hydrogen) atoms. The molecule has 0 aliphatic carbocycles. The molecule has 1 saturated heterocycles. The van der Waals surface area contributed by atoms with Crippen molar-refractivity contribution >= 4 is 11.8 Å². The molecule has 1 aliphatic rings. The summed E-state index contributed by atoms with van der Waals surface area (Å²) in [7, 11) is 0. The van der Waals surface area contributed by atoms with Crippen LogP contribution in [0.4, 0.5) is 0 Å². The molecule has 3 rings (SSSR count). The molecule has 2 aromatic rings. The topological polar surface area (TPSA) is 49.4 Å². The van der Waals surface area contributed by atoms with Crippen LogP contribution in [0.15, 0.2) is 67.3 Å². The summed E-state index contributed by atoms with van der Waals surface area (Å²) < 4.78 is 0. The monoisotopic (exact) mass is 390 g/mol.